The molecular formula is C18H28N6. The highest BCUT2D eigenvalue weighted by atomic mass is 15.2. The largest absolute Gasteiger partial charge is 0.393 e. The van der Waals surface area contributed by atoms with Crippen LogP contribution >= 0.6 is 0 Å². The van der Waals surface area contributed by atoms with Gasteiger partial charge in [-0.25, -0.2) is 15.0 Å². The van der Waals surface area contributed by atoms with Gasteiger partial charge in [0.05, 0.1) is 0 Å². The summed E-state index contributed by atoms with van der Waals surface area (Å²) in [4.78, 5) is 15.3. The fraction of sp³-hybridized carbons (Fsp3) is 0.500. The third kappa shape index (κ3) is 4.57. The van der Waals surface area contributed by atoms with E-state index in [0.717, 1.165) is 30.3 Å². The van der Waals surface area contributed by atoms with Crippen molar-refractivity contribution in [3.63, 3.8) is 0 Å². The summed E-state index contributed by atoms with van der Waals surface area (Å²) >= 11 is 0. The van der Waals surface area contributed by atoms with Gasteiger partial charge in [0.2, 0.25) is 0 Å². The van der Waals surface area contributed by atoms with Gasteiger partial charge in [-0.15, -0.1) is 0 Å². The quantitative estimate of drug-likeness (QED) is 0.808. The van der Waals surface area contributed by atoms with Gasteiger partial charge in [0.1, 0.15) is 17.8 Å². The maximum atomic E-state index is 6.38. The van der Waals surface area contributed by atoms with Crippen molar-refractivity contribution in [1.82, 2.24) is 15.0 Å². The number of nitrogens with two attached hydrogens (primary N) is 1. The number of nitrogens with zero attached hydrogens (tertiary/aromatic N) is 4. The van der Waals surface area contributed by atoms with Crippen molar-refractivity contribution < 1.29 is 0 Å². The minimum absolute atomic E-state index is 0.521. The lowest BCUT2D eigenvalue weighted by molar-refractivity contribution is 0.549. The Bertz CT molecular complexity index is 658. The molecule has 130 valence electrons. The Labute approximate surface area is 144 Å². The molecule has 2 heterocycles. The molecule has 0 bridgehead atoms. The van der Waals surface area contributed by atoms with Gasteiger partial charge in [0.15, 0.2) is 11.6 Å². The van der Waals surface area contributed by atoms with E-state index in [1.807, 2.05) is 19.1 Å². The van der Waals surface area contributed by atoms with Crippen LogP contribution in [0.4, 0.5) is 23.1 Å². The zero-order valence-corrected chi connectivity index (χ0v) is 15.2. The molecule has 0 spiro atoms. The second-order valence-electron chi connectivity index (χ2n) is 6.95. The number of anilines is 4. The molecule has 2 rings (SSSR count). The van der Waals surface area contributed by atoms with E-state index < -0.39 is 0 Å². The summed E-state index contributed by atoms with van der Waals surface area (Å²) in [6, 6.07) is 3.90. The Hall–Kier alpha value is -2.37. The second kappa shape index (κ2) is 7.95. The van der Waals surface area contributed by atoms with Gasteiger partial charge in [-0.1, -0.05) is 33.8 Å². The van der Waals surface area contributed by atoms with E-state index in [-0.39, 0.29) is 0 Å². The Balaban J connectivity index is 2.33. The van der Waals surface area contributed by atoms with Gasteiger partial charge in [-0.05, 0) is 30.4 Å². The molecule has 0 saturated heterocycles. The Morgan fingerprint density at radius 2 is 1.71 bits per heavy atom. The summed E-state index contributed by atoms with van der Waals surface area (Å²) in [6.45, 7) is 12.6. The maximum absolute atomic E-state index is 6.38. The van der Waals surface area contributed by atoms with Crippen LogP contribution in [-0.4, -0.2) is 28.0 Å². The number of pyridine rings is 1. The van der Waals surface area contributed by atoms with Crippen LogP contribution in [-0.2, 0) is 0 Å². The fourth-order valence-electron chi connectivity index (χ4n) is 2.60. The zero-order valence-electron chi connectivity index (χ0n) is 15.2. The van der Waals surface area contributed by atoms with E-state index in [1.165, 1.54) is 0 Å². The van der Waals surface area contributed by atoms with Gasteiger partial charge < -0.3 is 16.0 Å². The average molecular weight is 328 g/mol. The molecule has 3 N–H and O–H groups in total. The first kappa shape index (κ1) is 18.0. The maximum Gasteiger partial charge on any atom is 0.160 e. The summed E-state index contributed by atoms with van der Waals surface area (Å²) in [5.41, 5.74) is 7.98. The van der Waals surface area contributed by atoms with Crippen LogP contribution in [0.1, 0.15) is 33.3 Å². The van der Waals surface area contributed by atoms with Gasteiger partial charge in [0.25, 0.3) is 0 Å². The lowest BCUT2D eigenvalue weighted by Gasteiger charge is -2.28. The number of nitrogens with one attached hydrogen (secondary N) is 1. The molecule has 6 nitrogen and oxygen atoms in total. The lowest BCUT2D eigenvalue weighted by Crippen LogP contribution is -2.33. The number of rotatable bonds is 7. The molecule has 24 heavy (non-hydrogen) atoms. The Morgan fingerprint density at radius 3 is 2.29 bits per heavy atom. The average Bonchev–Trinajstić information content (AvgIpc) is 2.50. The van der Waals surface area contributed by atoms with Crippen LogP contribution < -0.4 is 16.0 Å². The van der Waals surface area contributed by atoms with Crippen molar-refractivity contribution in [3.05, 3.63) is 30.2 Å². The molecule has 0 aliphatic rings. The van der Waals surface area contributed by atoms with Crippen LogP contribution in [0.25, 0.3) is 0 Å². The predicted octanol–water partition coefficient (Wildman–Crippen LogP) is 3.62. The number of aromatic nitrogens is 3. The summed E-state index contributed by atoms with van der Waals surface area (Å²) in [6.07, 6.45) is 3.30. The molecule has 6 heteroatoms. The van der Waals surface area contributed by atoms with Crippen LogP contribution in [0, 0.1) is 18.8 Å². The van der Waals surface area contributed by atoms with Gasteiger partial charge in [-0.2, -0.15) is 0 Å². The van der Waals surface area contributed by atoms with Crippen molar-refractivity contribution in [3.8, 4) is 0 Å². The van der Waals surface area contributed by atoms with Crippen molar-refractivity contribution >= 4 is 23.1 Å². The van der Waals surface area contributed by atoms with Crippen molar-refractivity contribution in [2.24, 2.45) is 11.8 Å². The normalized spacial score (nSPS) is 11.1. The smallest absolute Gasteiger partial charge is 0.160 e. The molecule has 0 radical (unpaired) electrons. The van der Waals surface area contributed by atoms with E-state index in [2.05, 4.69) is 52.9 Å². The Kier molecular flexibility index (Phi) is 5.95. The molecule has 0 unspecified atom stereocenters. The highest BCUT2D eigenvalue weighted by Gasteiger charge is 2.18. The highest BCUT2D eigenvalue weighted by Crippen LogP contribution is 2.29. The van der Waals surface area contributed by atoms with Gasteiger partial charge in [-0.3, -0.25) is 0 Å². The van der Waals surface area contributed by atoms with E-state index in [0.29, 0.717) is 23.3 Å². The third-order valence-corrected chi connectivity index (χ3v) is 3.58. The minimum Gasteiger partial charge on any atom is -0.393 e. The van der Waals surface area contributed by atoms with Crippen LogP contribution in [0.3, 0.4) is 0 Å². The van der Waals surface area contributed by atoms with Crippen LogP contribution in [0.2, 0.25) is 0 Å². The second-order valence-corrected chi connectivity index (χ2v) is 6.95. The molecular weight excluding hydrogens is 300 g/mol. The van der Waals surface area contributed by atoms with Crippen LogP contribution in [0.5, 0.6) is 0 Å². The highest BCUT2D eigenvalue weighted by molar-refractivity contribution is 5.78. The molecule has 0 saturated carbocycles. The van der Waals surface area contributed by atoms with E-state index in [9.17, 15) is 0 Å². The van der Waals surface area contributed by atoms with E-state index in [4.69, 9.17) is 5.73 Å². The van der Waals surface area contributed by atoms with Gasteiger partial charge in [0, 0.05) is 19.3 Å². The number of aryl methyl sites for hydroxylation is 1. The Morgan fingerprint density at radius 1 is 1.04 bits per heavy atom. The molecule has 0 aliphatic heterocycles. The molecule has 0 aromatic carbocycles. The molecule has 0 atom stereocenters. The van der Waals surface area contributed by atoms with Crippen LogP contribution in [0.15, 0.2) is 24.7 Å². The third-order valence-electron chi connectivity index (χ3n) is 3.58. The number of hydrogen-bond acceptors (Lipinski definition) is 6. The molecule has 0 amide bonds. The first-order chi connectivity index (χ1) is 11.4. The zero-order chi connectivity index (χ0) is 17.7. The summed E-state index contributed by atoms with van der Waals surface area (Å²) in [5, 5.41) is 3.23. The van der Waals surface area contributed by atoms with Gasteiger partial charge >= 0.3 is 0 Å². The van der Waals surface area contributed by atoms with Crippen molar-refractivity contribution in [2.75, 3.05) is 29.0 Å². The lowest BCUT2D eigenvalue weighted by atomic mass is 10.1. The first-order valence-corrected chi connectivity index (χ1v) is 8.42. The first-order valence-electron chi connectivity index (χ1n) is 8.42. The monoisotopic (exact) mass is 328 g/mol. The molecule has 2 aromatic heterocycles. The summed E-state index contributed by atoms with van der Waals surface area (Å²) < 4.78 is 0. The molecule has 0 aliphatic carbocycles. The predicted molar refractivity (Wildman–Crippen MR) is 101 cm³/mol. The molecule has 2 aromatic rings. The van der Waals surface area contributed by atoms with Crippen molar-refractivity contribution in [1.29, 1.82) is 0 Å². The van der Waals surface area contributed by atoms with E-state index in [1.54, 1.807) is 12.5 Å². The summed E-state index contributed by atoms with van der Waals surface area (Å²) in [7, 11) is 0. The SMILES string of the molecule is Cc1cccnc1Nc1ncnc(N(CC(C)C)CC(C)C)c1N. The number of hydrogen-bond donors (Lipinski definition) is 2. The minimum atomic E-state index is 0.521. The van der Waals surface area contributed by atoms with Crippen molar-refractivity contribution in [2.45, 2.75) is 34.6 Å². The molecule has 0 fully saturated rings. The fourth-order valence-corrected chi connectivity index (χ4v) is 2.60. The number of nitrogen functional groups attached to an aromatic ring is 1. The standard InChI is InChI=1S/C18H28N6/c1-12(2)9-24(10-13(3)4)18-15(19)17(21-11-22-18)23-16-14(5)7-6-8-20-16/h6-8,11-13H,9-10,19H2,1-5H3,(H,20,21,22,23). The van der Waals surface area contributed by atoms with E-state index >= 15 is 0 Å². The topological polar surface area (TPSA) is 80.0 Å². The summed E-state index contributed by atoms with van der Waals surface area (Å²) in [5.74, 6) is 3.18.